The van der Waals surface area contributed by atoms with Gasteiger partial charge in [-0.15, -0.1) is 0 Å². The summed E-state index contributed by atoms with van der Waals surface area (Å²) in [6, 6.07) is 4.70. The van der Waals surface area contributed by atoms with Crippen molar-refractivity contribution in [2.45, 2.75) is 55.9 Å². The Kier molecular flexibility index (Phi) is 5.78. The van der Waals surface area contributed by atoms with E-state index in [-0.39, 0.29) is 22.9 Å². The van der Waals surface area contributed by atoms with Crippen molar-refractivity contribution < 1.29 is 27.4 Å². The van der Waals surface area contributed by atoms with E-state index in [9.17, 15) is 13.2 Å². The first kappa shape index (κ1) is 19.5. The highest BCUT2D eigenvalue weighted by Gasteiger charge is 2.34. The number of piperidine rings is 1. The van der Waals surface area contributed by atoms with Gasteiger partial charge in [0.25, 0.3) is 0 Å². The fourth-order valence-electron chi connectivity index (χ4n) is 4.11. The van der Waals surface area contributed by atoms with Gasteiger partial charge in [0.05, 0.1) is 10.8 Å². The van der Waals surface area contributed by atoms with Gasteiger partial charge in [-0.25, -0.2) is 8.42 Å². The van der Waals surface area contributed by atoms with Crippen LogP contribution < -0.4 is 9.47 Å². The van der Waals surface area contributed by atoms with Gasteiger partial charge in [-0.1, -0.05) is 6.42 Å². The van der Waals surface area contributed by atoms with E-state index in [4.69, 9.17) is 14.2 Å². The number of esters is 1. The second-order valence-electron chi connectivity index (χ2n) is 7.68. The van der Waals surface area contributed by atoms with Crippen molar-refractivity contribution in [3.05, 3.63) is 18.2 Å². The van der Waals surface area contributed by atoms with Gasteiger partial charge in [-0.05, 0) is 50.7 Å². The molecule has 28 heavy (non-hydrogen) atoms. The third-order valence-corrected chi connectivity index (χ3v) is 7.67. The van der Waals surface area contributed by atoms with Crippen LogP contribution in [0.1, 0.15) is 44.9 Å². The molecule has 2 aliphatic heterocycles. The second-order valence-corrected chi connectivity index (χ2v) is 9.62. The number of fused-ring (bicyclic) bond motifs is 1. The minimum Gasteiger partial charge on any atom is -0.486 e. The number of rotatable bonds is 4. The molecule has 2 fully saturated rings. The summed E-state index contributed by atoms with van der Waals surface area (Å²) in [7, 11) is -3.63. The minimum absolute atomic E-state index is 0.0423. The summed E-state index contributed by atoms with van der Waals surface area (Å²) in [5.41, 5.74) is 0. The highest BCUT2D eigenvalue weighted by atomic mass is 32.2. The molecule has 0 amide bonds. The summed E-state index contributed by atoms with van der Waals surface area (Å²) in [6.45, 7) is 1.51. The van der Waals surface area contributed by atoms with Crippen molar-refractivity contribution in [2.24, 2.45) is 5.92 Å². The van der Waals surface area contributed by atoms with Crippen molar-refractivity contribution in [1.82, 2.24) is 4.31 Å². The predicted octanol–water partition coefficient (Wildman–Crippen LogP) is 2.73. The molecule has 0 bridgehead atoms. The number of hydrogen-bond acceptors (Lipinski definition) is 6. The zero-order valence-corrected chi connectivity index (χ0v) is 16.8. The van der Waals surface area contributed by atoms with Crippen LogP contribution in [0.25, 0.3) is 0 Å². The van der Waals surface area contributed by atoms with Gasteiger partial charge < -0.3 is 14.2 Å². The zero-order valence-electron chi connectivity index (χ0n) is 16.0. The van der Waals surface area contributed by atoms with Crippen molar-refractivity contribution in [3.8, 4) is 11.5 Å². The first-order valence-electron chi connectivity index (χ1n) is 10.1. The molecule has 0 atom stereocenters. The van der Waals surface area contributed by atoms with Crippen LogP contribution in [0.15, 0.2) is 23.1 Å². The highest BCUT2D eigenvalue weighted by Crippen LogP contribution is 2.34. The van der Waals surface area contributed by atoms with Crippen molar-refractivity contribution in [1.29, 1.82) is 0 Å². The second kappa shape index (κ2) is 8.29. The summed E-state index contributed by atoms with van der Waals surface area (Å²) in [5.74, 6) is 0.643. The highest BCUT2D eigenvalue weighted by molar-refractivity contribution is 7.89. The molecular formula is C20H27NO6S. The van der Waals surface area contributed by atoms with Crippen LogP contribution in [0, 0.1) is 5.92 Å². The molecule has 3 aliphatic rings. The Balaban J connectivity index is 1.36. The maximum absolute atomic E-state index is 13.0. The van der Waals surface area contributed by atoms with Crippen LogP contribution in [0.2, 0.25) is 0 Å². The number of nitrogens with zero attached hydrogens (tertiary/aromatic N) is 1. The molecule has 4 rings (SSSR count). The average Bonchev–Trinajstić information content (AvgIpc) is 2.74. The van der Waals surface area contributed by atoms with Crippen LogP contribution in [-0.2, 0) is 19.6 Å². The summed E-state index contributed by atoms with van der Waals surface area (Å²) >= 11 is 0. The Bertz CT molecular complexity index is 810. The minimum atomic E-state index is -3.63. The van der Waals surface area contributed by atoms with E-state index in [0.29, 0.717) is 50.6 Å². The predicted molar refractivity (Wildman–Crippen MR) is 102 cm³/mol. The van der Waals surface area contributed by atoms with E-state index in [0.717, 1.165) is 25.7 Å². The normalized spacial score (nSPS) is 22.0. The lowest BCUT2D eigenvalue weighted by atomic mass is 9.96. The van der Waals surface area contributed by atoms with Gasteiger partial charge in [0.1, 0.15) is 19.3 Å². The topological polar surface area (TPSA) is 82.1 Å². The van der Waals surface area contributed by atoms with Crippen LogP contribution in [-0.4, -0.2) is 51.1 Å². The summed E-state index contributed by atoms with van der Waals surface area (Å²) in [4.78, 5) is 12.6. The quantitative estimate of drug-likeness (QED) is 0.711. The Labute approximate surface area is 166 Å². The maximum Gasteiger partial charge on any atom is 0.309 e. The van der Waals surface area contributed by atoms with Gasteiger partial charge in [0.15, 0.2) is 11.5 Å². The van der Waals surface area contributed by atoms with E-state index in [1.807, 2.05) is 0 Å². The molecular weight excluding hydrogens is 382 g/mol. The molecule has 2 heterocycles. The SMILES string of the molecule is O=C(OC1CCCCC1)C1CCN(S(=O)(=O)c2ccc3c(c2)OCCO3)CC1. The van der Waals surface area contributed by atoms with Gasteiger partial charge in [0.2, 0.25) is 10.0 Å². The van der Waals surface area contributed by atoms with E-state index in [1.54, 1.807) is 12.1 Å². The van der Waals surface area contributed by atoms with Gasteiger partial charge in [0, 0.05) is 19.2 Å². The Morgan fingerprint density at radius 2 is 1.64 bits per heavy atom. The third-order valence-electron chi connectivity index (χ3n) is 5.77. The molecule has 1 saturated carbocycles. The van der Waals surface area contributed by atoms with Crippen molar-refractivity contribution in [3.63, 3.8) is 0 Å². The molecule has 1 aromatic carbocycles. The monoisotopic (exact) mass is 409 g/mol. The third kappa shape index (κ3) is 4.12. The number of carbonyl (C=O) groups excluding carboxylic acids is 1. The van der Waals surface area contributed by atoms with Gasteiger partial charge in [-0.2, -0.15) is 4.31 Å². The molecule has 0 N–H and O–H groups in total. The number of benzene rings is 1. The molecule has 0 aromatic heterocycles. The molecule has 0 spiro atoms. The van der Waals surface area contributed by atoms with Gasteiger partial charge in [-0.3, -0.25) is 4.79 Å². The van der Waals surface area contributed by atoms with Crippen LogP contribution >= 0.6 is 0 Å². The van der Waals surface area contributed by atoms with Crippen LogP contribution in [0.3, 0.4) is 0 Å². The number of hydrogen-bond donors (Lipinski definition) is 0. The number of ether oxygens (including phenoxy) is 3. The van der Waals surface area contributed by atoms with Crippen molar-refractivity contribution in [2.75, 3.05) is 26.3 Å². The molecule has 154 valence electrons. The molecule has 8 heteroatoms. The van der Waals surface area contributed by atoms with Crippen LogP contribution in [0.4, 0.5) is 0 Å². The molecule has 7 nitrogen and oxygen atoms in total. The summed E-state index contributed by atoms with van der Waals surface area (Å²) < 4.78 is 44.0. The lowest BCUT2D eigenvalue weighted by Gasteiger charge is -2.31. The zero-order chi connectivity index (χ0) is 19.6. The fourth-order valence-corrected chi connectivity index (χ4v) is 5.59. The van der Waals surface area contributed by atoms with Crippen LogP contribution in [0.5, 0.6) is 11.5 Å². The summed E-state index contributed by atoms with van der Waals surface area (Å²) in [6.07, 6.45) is 6.37. The van der Waals surface area contributed by atoms with Crippen molar-refractivity contribution >= 4 is 16.0 Å². The van der Waals surface area contributed by atoms with E-state index in [2.05, 4.69) is 0 Å². The molecule has 1 aliphatic carbocycles. The fraction of sp³-hybridized carbons (Fsp3) is 0.650. The lowest BCUT2D eigenvalue weighted by Crippen LogP contribution is -2.41. The number of carbonyl (C=O) groups is 1. The van der Waals surface area contributed by atoms with E-state index in [1.165, 1.54) is 16.8 Å². The average molecular weight is 410 g/mol. The lowest BCUT2D eigenvalue weighted by molar-refractivity contribution is -0.156. The summed E-state index contributed by atoms with van der Waals surface area (Å²) in [5, 5.41) is 0. The molecule has 0 unspecified atom stereocenters. The largest absolute Gasteiger partial charge is 0.486 e. The Hall–Kier alpha value is -1.80. The van der Waals surface area contributed by atoms with E-state index >= 15 is 0 Å². The Morgan fingerprint density at radius 3 is 2.36 bits per heavy atom. The first-order valence-corrected chi connectivity index (χ1v) is 11.6. The van der Waals surface area contributed by atoms with Gasteiger partial charge >= 0.3 is 5.97 Å². The Morgan fingerprint density at radius 1 is 0.964 bits per heavy atom. The molecule has 0 radical (unpaired) electrons. The first-order chi connectivity index (χ1) is 13.5. The smallest absolute Gasteiger partial charge is 0.309 e. The van der Waals surface area contributed by atoms with E-state index < -0.39 is 10.0 Å². The molecule has 1 aromatic rings. The molecule has 1 saturated heterocycles. The standard InChI is InChI=1S/C20H27NO6S/c22-20(27-16-4-2-1-3-5-16)15-8-10-21(11-9-15)28(23,24)17-6-7-18-19(14-17)26-13-12-25-18/h6-7,14-16H,1-5,8-13H2. The maximum atomic E-state index is 13.0. The number of sulfonamides is 1.